The predicted octanol–water partition coefficient (Wildman–Crippen LogP) is 4.12. The van der Waals surface area contributed by atoms with Gasteiger partial charge in [0.05, 0.1) is 0 Å². The number of nitrogens with one attached hydrogen (secondary N) is 1. The van der Waals surface area contributed by atoms with Crippen LogP contribution >= 0.6 is 11.6 Å². The first-order chi connectivity index (χ1) is 9.70. The topological polar surface area (TPSA) is 15.3 Å². The SMILES string of the molecule is CN(CCNc1ccc(Cl)cc1)CC1CC2CCC1C2. The molecule has 3 rings (SSSR count). The fourth-order valence-electron chi connectivity index (χ4n) is 4.05. The van der Waals surface area contributed by atoms with E-state index in [0.29, 0.717) is 0 Å². The van der Waals surface area contributed by atoms with Gasteiger partial charge in [-0.1, -0.05) is 18.0 Å². The Bertz CT molecular complexity index is 431. The van der Waals surface area contributed by atoms with Crippen LogP contribution in [0.4, 0.5) is 5.69 Å². The van der Waals surface area contributed by atoms with Gasteiger partial charge in [0.2, 0.25) is 0 Å². The summed E-state index contributed by atoms with van der Waals surface area (Å²) < 4.78 is 0. The van der Waals surface area contributed by atoms with Crippen LogP contribution in [0.15, 0.2) is 24.3 Å². The minimum atomic E-state index is 0.795. The Morgan fingerprint density at radius 2 is 2.00 bits per heavy atom. The number of nitrogens with zero attached hydrogens (tertiary/aromatic N) is 1. The molecule has 110 valence electrons. The van der Waals surface area contributed by atoms with Gasteiger partial charge in [0.15, 0.2) is 0 Å². The molecule has 0 heterocycles. The number of anilines is 1. The van der Waals surface area contributed by atoms with Crippen LogP contribution in [0.25, 0.3) is 0 Å². The highest BCUT2D eigenvalue weighted by Gasteiger charge is 2.39. The van der Waals surface area contributed by atoms with Gasteiger partial charge in [-0.05, 0) is 68.3 Å². The van der Waals surface area contributed by atoms with Crippen molar-refractivity contribution >= 4 is 17.3 Å². The lowest BCUT2D eigenvalue weighted by molar-refractivity contribution is 0.225. The average molecular weight is 293 g/mol. The Balaban J connectivity index is 1.37. The predicted molar refractivity (Wildman–Crippen MR) is 86.4 cm³/mol. The third-order valence-corrected chi connectivity index (χ3v) is 5.35. The molecular formula is C17H25ClN2. The van der Waals surface area contributed by atoms with Crippen LogP contribution in [-0.2, 0) is 0 Å². The number of hydrogen-bond donors (Lipinski definition) is 1. The number of benzene rings is 1. The molecule has 1 N–H and O–H groups in total. The van der Waals surface area contributed by atoms with Crippen molar-refractivity contribution in [3.63, 3.8) is 0 Å². The van der Waals surface area contributed by atoms with E-state index in [-0.39, 0.29) is 0 Å². The molecule has 0 aromatic heterocycles. The van der Waals surface area contributed by atoms with Crippen LogP contribution in [-0.4, -0.2) is 31.6 Å². The minimum Gasteiger partial charge on any atom is -0.384 e. The van der Waals surface area contributed by atoms with Crippen molar-refractivity contribution in [2.45, 2.75) is 25.7 Å². The molecule has 20 heavy (non-hydrogen) atoms. The van der Waals surface area contributed by atoms with Gasteiger partial charge in [-0.3, -0.25) is 0 Å². The van der Waals surface area contributed by atoms with Crippen molar-refractivity contribution in [2.75, 3.05) is 32.0 Å². The summed E-state index contributed by atoms with van der Waals surface area (Å²) in [6.45, 7) is 3.39. The third kappa shape index (κ3) is 3.48. The monoisotopic (exact) mass is 292 g/mol. The first kappa shape index (κ1) is 14.2. The van der Waals surface area contributed by atoms with Gasteiger partial charge in [0, 0.05) is 30.3 Å². The van der Waals surface area contributed by atoms with Gasteiger partial charge in [-0.15, -0.1) is 0 Å². The van der Waals surface area contributed by atoms with Gasteiger partial charge in [0.25, 0.3) is 0 Å². The van der Waals surface area contributed by atoms with Crippen molar-refractivity contribution in [1.29, 1.82) is 0 Å². The zero-order valence-electron chi connectivity index (χ0n) is 12.3. The van der Waals surface area contributed by atoms with E-state index in [2.05, 4.69) is 17.3 Å². The van der Waals surface area contributed by atoms with Gasteiger partial charge >= 0.3 is 0 Å². The molecule has 2 bridgehead atoms. The molecule has 1 aromatic rings. The van der Waals surface area contributed by atoms with Crippen molar-refractivity contribution in [3.05, 3.63) is 29.3 Å². The van der Waals surface area contributed by atoms with Crippen LogP contribution in [0.2, 0.25) is 5.02 Å². The van der Waals surface area contributed by atoms with Crippen LogP contribution in [0, 0.1) is 17.8 Å². The number of hydrogen-bond acceptors (Lipinski definition) is 2. The van der Waals surface area contributed by atoms with Crippen molar-refractivity contribution in [2.24, 2.45) is 17.8 Å². The lowest BCUT2D eigenvalue weighted by Gasteiger charge is -2.27. The molecule has 2 nitrogen and oxygen atoms in total. The Morgan fingerprint density at radius 1 is 1.20 bits per heavy atom. The van der Waals surface area contributed by atoms with E-state index < -0.39 is 0 Å². The minimum absolute atomic E-state index is 0.795. The van der Waals surface area contributed by atoms with E-state index in [0.717, 1.165) is 41.6 Å². The molecule has 3 atom stereocenters. The maximum absolute atomic E-state index is 5.89. The summed E-state index contributed by atoms with van der Waals surface area (Å²) in [5.74, 6) is 3.06. The number of fused-ring (bicyclic) bond motifs is 2. The van der Waals surface area contributed by atoms with E-state index in [1.165, 1.54) is 32.2 Å². The van der Waals surface area contributed by atoms with E-state index in [1.807, 2.05) is 24.3 Å². The largest absolute Gasteiger partial charge is 0.384 e. The summed E-state index contributed by atoms with van der Waals surface area (Å²) in [5.41, 5.74) is 1.16. The summed E-state index contributed by atoms with van der Waals surface area (Å²) in [4.78, 5) is 2.49. The molecule has 3 heteroatoms. The van der Waals surface area contributed by atoms with Gasteiger partial charge in [0.1, 0.15) is 0 Å². The first-order valence-corrected chi connectivity index (χ1v) is 8.26. The van der Waals surface area contributed by atoms with Gasteiger partial charge in [-0.2, -0.15) is 0 Å². The van der Waals surface area contributed by atoms with E-state index in [4.69, 9.17) is 11.6 Å². The molecule has 2 aliphatic rings. The quantitative estimate of drug-likeness (QED) is 0.848. The highest BCUT2D eigenvalue weighted by Crippen LogP contribution is 2.48. The second kappa shape index (κ2) is 6.36. The summed E-state index contributed by atoms with van der Waals surface area (Å²) in [6, 6.07) is 7.95. The second-order valence-electron chi connectivity index (χ2n) is 6.63. The van der Waals surface area contributed by atoms with Crippen LogP contribution in [0.3, 0.4) is 0 Å². The maximum Gasteiger partial charge on any atom is 0.0407 e. The number of likely N-dealkylation sites (N-methyl/N-ethyl adjacent to an activating group) is 1. The molecule has 1 aromatic carbocycles. The Labute approximate surface area is 127 Å². The smallest absolute Gasteiger partial charge is 0.0407 e. The van der Waals surface area contributed by atoms with Crippen LogP contribution in [0.5, 0.6) is 0 Å². The molecule has 0 aliphatic heterocycles. The number of rotatable bonds is 6. The van der Waals surface area contributed by atoms with Crippen LogP contribution in [0.1, 0.15) is 25.7 Å². The van der Waals surface area contributed by atoms with E-state index in [9.17, 15) is 0 Å². The summed E-state index contributed by atoms with van der Waals surface area (Å²) in [6.07, 6.45) is 6.00. The molecule has 2 aliphatic carbocycles. The standard InChI is InChI=1S/C17H25ClN2/c1-20(12-15-11-13-2-3-14(15)10-13)9-8-19-17-6-4-16(18)5-7-17/h4-7,13-15,19H,2-3,8-12H2,1H3. The fourth-order valence-corrected chi connectivity index (χ4v) is 4.18. The van der Waals surface area contributed by atoms with Gasteiger partial charge < -0.3 is 10.2 Å². The number of halogens is 1. The molecule has 0 spiro atoms. The Morgan fingerprint density at radius 3 is 2.65 bits per heavy atom. The van der Waals surface area contributed by atoms with Gasteiger partial charge in [-0.25, -0.2) is 0 Å². The zero-order chi connectivity index (χ0) is 13.9. The molecule has 0 radical (unpaired) electrons. The lowest BCUT2D eigenvalue weighted by atomic mass is 9.88. The lowest BCUT2D eigenvalue weighted by Crippen LogP contribution is -2.32. The highest BCUT2D eigenvalue weighted by atomic mass is 35.5. The summed E-state index contributed by atoms with van der Waals surface area (Å²) in [5, 5.41) is 4.26. The van der Waals surface area contributed by atoms with Crippen molar-refractivity contribution in [1.82, 2.24) is 4.90 Å². The Hall–Kier alpha value is -0.730. The fraction of sp³-hybridized carbons (Fsp3) is 0.647. The Kier molecular flexibility index (Phi) is 4.52. The first-order valence-electron chi connectivity index (χ1n) is 7.88. The molecular weight excluding hydrogens is 268 g/mol. The normalized spacial score (nSPS) is 28.2. The summed E-state index contributed by atoms with van der Waals surface area (Å²) >= 11 is 5.89. The van der Waals surface area contributed by atoms with Crippen LogP contribution < -0.4 is 5.32 Å². The van der Waals surface area contributed by atoms with Crippen molar-refractivity contribution in [3.8, 4) is 0 Å². The second-order valence-corrected chi connectivity index (χ2v) is 7.07. The maximum atomic E-state index is 5.89. The molecule has 3 unspecified atom stereocenters. The van der Waals surface area contributed by atoms with E-state index in [1.54, 1.807) is 0 Å². The molecule has 2 saturated carbocycles. The molecule has 2 fully saturated rings. The highest BCUT2D eigenvalue weighted by molar-refractivity contribution is 6.30. The third-order valence-electron chi connectivity index (χ3n) is 5.10. The van der Waals surface area contributed by atoms with Crippen molar-refractivity contribution < 1.29 is 0 Å². The van der Waals surface area contributed by atoms with E-state index >= 15 is 0 Å². The average Bonchev–Trinajstić information content (AvgIpc) is 3.03. The zero-order valence-corrected chi connectivity index (χ0v) is 13.1. The molecule has 0 amide bonds. The molecule has 0 saturated heterocycles. The summed E-state index contributed by atoms with van der Waals surface area (Å²) in [7, 11) is 2.26.